The lowest BCUT2D eigenvalue weighted by molar-refractivity contribution is 0.0698. The molecule has 0 radical (unpaired) electrons. The highest BCUT2D eigenvalue weighted by molar-refractivity contribution is 7.16. The van der Waals surface area contributed by atoms with Crippen molar-refractivity contribution in [2.45, 2.75) is 20.4 Å². The maximum absolute atomic E-state index is 12.2. The van der Waals surface area contributed by atoms with Gasteiger partial charge in [-0.3, -0.25) is 4.79 Å². The van der Waals surface area contributed by atoms with E-state index in [0.717, 1.165) is 4.88 Å². The van der Waals surface area contributed by atoms with E-state index >= 15 is 0 Å². The van der Waals surface area contributed by atoms with Crippen LogP contribution in [-0.2, 0) is 6.54 Å². The molecule has 0 aliphatic carbocycles. The van der Waals surface area contributed by atoms with Crippen molar-refractivity contribution in [1.29, 1.82) is 0 Å². The summed E-state index contributed by atoms with van der Waals surface area (Å²) in [6.07, 6.45) is 1.66. The molecule has 20 heavy (non-hydrogen) atoms. The largest absolute Gasteiger partial charge is 0.478 e. The summed E-state index contributed by atoms with van der Waals surface area (Å²) in [6.45, 7) is 4.29. The lowest BCUT2D eigenvalue weighted by Crippen LogP contribution is -2.17. The molecule has 0 aliphatic rings. The lowest BCUT2D eigenvalue weighted by Gasteiger charge is -2.06. The first-order valence-electron chi connectivity index (χ1n) is 5.93. The molecule has 1 amide bonds. The third-order valence-corrected chi connectivity index (χ3v) is 3.92. The summed E-state index contributed by atoms with van der Waals surface area (Å²) >= 11 is 7.12. The summed E-state index contributed by atoms with van der Waals surface area (Å²) < 4.78 is 1.71. The fourth-order valence-corrected chi connectivity index (χ4v) is 2.98. The molecule has 2 rings (SSSR count). The van der Waals surface area contributed by atoms with Crippen molar-refractivity contribution in [2.24, 2.45) is 0 Å². The first-order valence-corrected chi connectivity index (χ1v) is 7.12. The van der Waals surface area contributed by atoms with Gasteiger partial charge in [-0.05, 0) is 26.0 Å². The Hall–Kier alpha value is -1.79. The number of carboxylic acids is 1. The molecule has 7 heteroatoms. The number of carbonyl (C=O) groups is 2. The van der Waals surface area contributed by atoms with Crippen molar-refractivity contribution in [1.82, 2.24) is 4.57 Å². The Morgan fingerprint density at radius 1 is 1.45 bits per heavy atom. The van der Waals surface area contributed by atoms with Gasteiger partial charge >= 0.3 is 5.97 Å². The molecule has 0 atom stereocenters. The average molecular weight is 313 g/mol. The second-order valence-electron chi connectivity index (χ2n) is 4.19. The van der Waals surface area contributed by atoms with E-state index in [0.29, 0.717) is 22.3 Å². The van der Waals surface area contributed by atoms with Crippen molar-refractivity contribution in [2.75, 3.05) is 5.32 Å². The molecule has 2 aromatic rings. The molecular formula is C13H13ClN2O3S. The van der Waals surface area contributed by atoms with Crippen LogP contribution < -0.4 is 5.32 Å². The molecule has 2 aromatic heterocycles. The smallest absolute Gasteiger partial charge is 0.338 e. The van der Waals surface area contributed by atoms with Crippen molar-refractivity contribution < 1.29 is 14.7 Å². The van der Waals surface area contributed by atoms with Gasteiger partial charge in [0.25, 0.3) is 5.91 Å². The van der Waals surface area contributed by atoms with Gasteiger partial charge in [0.05, 0.1) is 10.6 Å². The Bertz CT molecular complexity index is 675. The minimum absolute atomic E-state index is 0.0987. The molecule has 0 unspecified atom stereocenters. The standard InChI is InChI=1S/C13H13ClN2O3S/c1-3-16-6-8(14)5-10(16)11(17)15-12-9(13(18)19)4-7(2)20-12/h4-6H,3H2,1-2H3,(H,15,17)(H,18,19). The Labute approximate surface area is 124 Å². The number of hydrogen-bond acceptors (Lipinski definition) is 3. The SMILES string of the molecule is CCn1cc(Cl)cc1C(=O)Nc1sc(C)cc1C(=O)O. The Balaban J connectivity index is 2.30. The van der Waals surface area contributed by atoms with Gasteiger partial charge in [-0.15, -0.1) is 11.3 Å². The van der Waals surface area contributed by atoms with E-state index in [9.17, 15) is 9.59 Å². The van der Waals surface area contributed by atoms with Gasteiger partial charge in [-0.1, -0.05) is 11.6 Å². The molecule has 0 bridgehead atoms. The van der Waals surface area contributed by atoms with E-state index in [2.05, 4.69) is 5.32 Å². The zero-order valence-electron chi connectivity index (χ0n) is 10.9. The zero-order chi connectivity index (χ0) is 14.9. The number of aryl methyl sites for hydroxylation is 2. The number of nitrogens with one attached hydrogen (secondary N) is 1. The van der Waals surface area contributed by atoms with E-state index in [4.69, 9.17) is 16.7 Å². The molecule has 5 nitrogen and oxygen atoms in total. The third-order valence-electron chi connectivity index (χ3n) is 2.75. The van der Waals surface area contributed by atoms with Gasteiger partial charge in [-0.25, -0.2) is 4.79 Å². The fraction of sp³-hybridized carbons (Fsp3) is 0.231. The number of carboxylic acid groups (broad SMARTS) is 1. The van der Waals surface area contributed by atoms with Gasteiger partial charge in [0.2, 0.25) is 0 Å². The highest BCUT2D eigenvalue weighted by atomic mass is 35.5. The number of hydrogen-bond donors (Lipinski definition) is 2. The van der Waals surface area contributed by atoms with Gasteiger partial charge in [-0.2, -0.15) is 0 Å². The lowest BCUT2D eigenvalue weighted by atomic mass is 10.3. The van der Waals surface area contributed by atoms with Crippen LogP contribution >= 0.6 is 22.9 Å². The Morgan fingerprint density at radius 2 is 2.15 bits per heavy atom. The second-order valence-corrected chi connectivity index (χ2v) is 5.88. The van der Waals surface area contributed by atoms with Crippen LogP contribution in [0.2, 0.25) is 5.02 Å². The van der Waals surface area contributed by atoms with Crippen molar-refractivity contribution >= 4 is 39.8 Å². The normalized spacial score (nSPS) is 10.6. The van der Waals surface area contributed by atoms with E-state index < -0.39 is 5.97 Å². The highest BCUT2D eigenvalue weighted by Crippen LogP contribution is 2.28. The molecule has 0 spiro atoms. The molecule has 0 saturated heterocycles. The average Bonchev–Trinajstić information content (AvgIpc) is 2.92. The van der Waals surface area contributed by atoms with E-state index in [1.807, 2.05) is 6.92 Å². The number of nitrogens with zero attached hydrogens (tertiary/aromatic N) is 1. The summed E-state index contributed by atoms with van der Waals surface area (Å²) in [5.74, 6) is -1.43. The van der Waals surface area contributed by atoms with E-state index in [1.165, 1.54) is 17.4 Å². The molecule has 2 N–H and O–H groups in total. The van der Waals surface area contributed by atoms with Crippen LogP contribution in [0.25, 0.3) is 0 Å². The predicted octanol–water partition coefficient (Wildman–Crippen LogP) is 3.48. The molecule has 106 valence electrons. The number of halogens is 1. The third kappa shape index (κ3) is 2.86. The molecule has 0 fully saturated rings. The van der Waals surface area contributed by atoms with Crippen LogP contribution in [-0.4, -0.2) is 21.6 Å². The van der Waals surface area contributed by atoms with Crippen LogP contribution in [0.4, 0.5) is 5.00 Å². The summed E-state index contributed by atoms with van der Waals surface area (Å²) in [5.41, 5.74) is 0.501. The first kappa shape index (κ1) is 14.6. The molecule has 0 aliphatic heterocycles. The predicted molar refractivity (Wildman–Crippen MR) is 79.1 cm³/mol. The maximum atomic E-state index is 12.2. The minimum atomic E-state index is -1.06. The highest BCUT2D eigenvalue weighted by Gasteiger charge is 2.18. The Kier molecular flexibility index (Phi) is 4.15. The first-order chi connectivity index (χ1) is 9.42. The number of thiophene rings is 1. The zero-order valence-corrected chi connectivity index (χ0v) is 12.5. The van der Waals surface area contributed by atoms with E-state index in [1.54, 1.807) is 23.8 Å². The van der Waals surface area contributed by atoms with Crippen LogP contribution in [0.5, 0.6) is 0 Å². The van der Waals surface area contributed by atoms with Crippen LogP contribution in [0.1, 0.15) is 32.6 Å². The van der Waals surface area contributed by atoms with Crippen LogP contribution in [0, 0.1) is 6.92 Å². The van der Waals surface area contributed by atoms with Gasteiger partial charge in [0.1, 0.15) is 10.7 Å². The number of amides is 1. The molecule has 0 saturated carbocycles. The Morgan fingerprint density at radius 3 is 2.75 bits per heavy atom. The van der Waals surface area contributed by atoms with Crippen molar-refractivity contribution in [3.05, 3.63) is 39.5 Å². The summed E-state index contributed by atoms with van der Waals surface area (Å²) in [5, 5.41) is 12.5. The van der Waals surface area contributed by atoms with Crippen LogP contribution in [0.3, 0.4) is 0 Å². The maximum Gasteiger partial charge on any atom is 0.338 e. The second kappa shape index (κ2) is 5.68. The van der Waals surface area contributed by atoms with Gasteiger partial charge < -0.3 is 15.0 Å². The molecular weight excluding hydrogens is 300 g/mol. The van der Waals surface area contributed by atoms with Crippen molar-refractivity contribution in [3.8, 4) is 0 Å². The summed E-state index contributed by atoms with van der Waals surface area (Å²) in [7, 11) is 0. The number of aromatic nitrogens is 1. The quantitative estimate of drug-likeness (QED) is 0.908. The number of anilines is 1. The topological polar surface area (TPSA) is 71.3 Å². The minimum Gasteiger partial charge on any atom is -0.478 e. The number of aromatic carboxylic acids is 1. The summed E-state index contributed by atoms with van der Waals surface area (Å²) in [4.78, 5) is 24.1. The van der Waals surface area contributed by atoms with Gasteiger partial charge in [0.15, 0.2) is 0 Å². The van der Waals surface area contributed by atoms with Gasteiger partial charge in [0, 0.05) is 17.6 Å². The monoisotopic (exact) mass is 312 g/mol. The molecule has 2 heterocycles. The fourth-order valence-electron chi connectivity index (χ4n) is 1.86. The van der Waals surface area contributed by atoms with Crippen LogP contribution in [0.15, 0.2) is 18.3 Å². The van der Waals surface area contributed by atoms with E-state index in [-0.39, 0.29) is 11.5 Å². The summed E-state index contributed by atoms with van der Waals surface area (Å²) in [6, 6.07) is 3.09. The number of rotatable bonds is 4. The number of carbonyl (C=O) groups excluding carboxylic acids is 1. The van der Waals surface area contributed by atoms with Crippen molar-refractivity contribution in [3.63, 3.8) is 0 Å². The molecule has 0 aromatic carbocycles.